The van der Waals surface area contributed by atoms with Crippen LogP contribution in [0.25, 0.3) is 0 Å². The minimum absolute atomic E-state index is 0.126. The van der Waals surface area contributed by atoms with Crippen LogP contribution < -0.4 is 11.3 Å². The third kappa shape index (κ3) is 8.86. The maximum atomic E-state index is 13.0. The Morgan fingerprint density at radius 2 is 0.873 bits per heavy atom. The fourth-order valence-electron chi connectivity index (χ4n) is 8.36. The lowest BCUT2D eigenvalue weighted by atomic mass is 9.84. The van der Waals surface area contributed by atoms with Gasteiger partial charge in [0, 0.05) is 35.8 Å². The van der Waals surface area contributed by atoms with E-state index in [1.165, 1.54) is 5.56 Å². The van der Waals surface area contributed by atoms with E-state index in [0.29, 0.717) is 22.6 Å². The molecule has 55 heavy (non-hydrogen) atoms. The van der Waals surface area contributed by atoms with Crippen molar-refractivity contribution in [3.63, 3.8) is 0 Å². The Hall–Kier alpha value is -5.62. The number of rotatable bonds is 8. The number of aromatic hydroxyl groups is 2. The molecule has 0 saturated heterocycles. The maximum absolute atomic E-state index is 13.0. The standard InChI is InChI=1S/C25H26O3.C24H24O3/c26-24-21-14-8-3-9-15-22(21)28-25(27)23(24)20(19-12-6-2-7-13-19)17-16-18-10-4-1-5-11-18;25-23-19-15-9-1-2-10-16-20(19)27-24(26)22(23)21(17-11-5-3-6-12-17)18-13-7-4-8-14-18/h1-2,4-7,10-13,20,26H,3,8-9,14-17H2;3-8,11-14,21,25H,1-2,9-10,15-16H2. The van der Waals surface area contributed by atoms with Crippen LogP contribution in [0.4, 0.5) is 0 Å². The molecular weight excluding hydrogens is 685 g/mol. The molecule has 0 aliphatic heterocycles. The van der Waals surface area contributed by atoms with Crippen LogP contribution in [-0.4, -0.2) is 10.2 Å². The molecule has 2 heterocycles. The van der Waals surface area contributed by atoms with Crippen molar-refractivity contribution in [1.82, 2.24) is 0 Å². The van der Waals surface area contributed by atoms with Crippen molar-refractivity contribution in [3.05, 3.63) is 198 Å². The third-order valence-corrected chi connectivity index (χ3v) is 11.2. The second kappa shape index (κ2) is 18.1. The molecule has 0 bridgehead atoms. The van der Waals surface area contributed by atoms with Crippen LogP contribution in [0.1, 0.15) is 119 Å². The molecule has 0 amide bonds. The molecule has 0 saturated carbocycles. The summed E-state index contributed by atoms with van der Waals surface area (Å²) in [5, 5.41) is 22.3. The second-order valence-corrected chi connectivity index (χ2v) is 14.8. The molecule has 0 radical (unpaired) electrons. The highest BCUT2D eigenvalue weighted by Crippen LogP contribution is 2.40. The smallest absolute Gasteiger partial charge is 0.343 e. The molecule has 8 rings (SSSR count). The largest absolute Gasteiger partial charge is 0.507 e. The van der Waals surface area contributed by atoms with Crippen LogP contribution in [0, 0.1) is 0 Å². The summed E-state index contributed by atoms with van der Waals surface area (Å²) in [6.07, 6.45) is 12.0. The first kappa shape index (κ1) is 37.7. The van der Waals surface area contributed by atoms with Crippen LogP contribution in [0.3, 0.4) is 0 Å². The summed E-state index contributed by atoms with van der Waals surface area (Å²) >= 11 is 0. The molecule has 0 fully saturated rings. The Balaban J connectivity index is 0.000000169. The summed E-state index contributed by atoms with van der Waals surface area (Å²) in [5.41, 5.74) is 5.82. The molecule has 6 heteroatoms. The number of hydrogen-bond acceptors (Lipinski definition) is 6. The van der Waals surface area contributed by atoms with Crippen LogP contribution >= 0.6 is 0 Å². The summed E-state index contributed by atoms with van der Waals surface area (Å²) in [4.78, 5) is 25.9. The number of fused-ring (bicyclic) bond motifs is 2. The first-order valence-corrected chi connectivity index (χ1v) is 19.9. The predicted octanol–water partition coefficient (Wildman–Crippen LogP) is 10.6. The first-order valence-electron chi connectivity index (χ1n) is 19.9. The van der Waals surface area contributed by atoms with Gasteiger partial charge in [-0.1, -0.05) is 141 Å². The molecule has 1 unspecified atom stereocenters. The van der Waals surface area contributed by atoms with Crippen molar-refractivity contribution in [2.24, 2.45) is 0 Å². The van der Waals surface area contributed by atoms with Gasteiger partial charge in [0.25, 0.3) is 0 Å². The average molecular weight is 735 g/mol. The quantitative estimate of drug-likeness (QED) is 0.151. The summed E-state index contributed by atoms with van der Waals surface area (Å²) in [6.45, 7) is 0. The highest BCUT2D eigenvalue weighted by atomic mass is 16.4. The van der Waals surface area contributed by atoms with Gasteiger partial charge in [-0.3, -0.25) is 0 Å². The van der Waals surface area contributed by atoms with Gasteiger partial charge in [0.1, 0.15) is 23.0 Å². The van der Waals surface area contributed by atoms with Crippen LogP contribution in [0.15, 0.2) is 140 Å². The fraction of sp³-hybridized carbons (Fsp3) is 0.306. The first-order chi connectivity index (χ1) is 27.0. The van der Waals surface area contributed by atoms with Crippen LogP contribution in [0.2, 0.25) is 0 Å². The van der Waals surface area contributed by atoms with E-state index in [0.717, 1.165) is 111 Å². The Bertz CT molecular complexity index is 2220. The van der Waals surface area contributed by atoms with E-state index in [1.807, 2.05) is 109 Å². The maximum Gasteiger partial charge on any atom is 0.343 e. The molecule has 4 aromatic carbocycles. The number of benzene rings is 4. The van der Waals surface area contributed by atoms with Crippen molar-refractivity contribution in [2.75, 3.05) is 0 Å². The molecular formula is C49H50O6. The van der Waals surface area contributed by atoms with Crippen LogP contribution in [-0.2, 0) is 32.1 Å². The summed E-state index contributed by atoms with van der Waals surface area (Å²) in [5.74, 6) is 1.10. The van der Waals surface area contributed by atoms with Crippen molar-refractivity contribution in [3.8, 4) is 11.5 Å². The van der Waals surface area contributed by atoms with Gasteiger partial charge < -0.3 is 19.0 Å². The van der Waals surface area contributed by atoms with Gasteiger partial charge in [-0.15, -0.1) is 0 Å². The Labute approximate surface area is 323 Å². The van der Waals surface area contributed by atoms with Gasteiger partial charge in [-0.05, 0) is 73.6 Å². The van der Waals surface area contributed by atoms with Gasteiger partial charge >= 0.3 is 11.3 Å². The van der Waals surface area contributed by atoms with Crippen molar-refractivity contribution >= 4 is 0 Å². The minimum atomic E-state index is -0.426. The second-order valence-electron chi connectivity index (χ2n) is 14.8. The Morgan fingerprint density at radius 1 is 0.473 bits per heavy atom. The Morgan fingerprint density at radius 3 is 1.38 bits per heavy atom. The molecule has 6 nitrogen and oxygen atoms in total. The molecule has 1 atom stereocenters. The molecule has 282 valence electrons. The third-order valence-electron chi connectivity index (χ3n) is 11.2. The average Bonchev–Trinajstić information content (AvgIpc) is 3.46. The molecule has 2 aliphatic carbocycles. The zero-order valence-corrected chi connectivity index (χ0v) is 31.4. The molecule has 0 spiro atoms. The fourth-order valence-corrected chi connectivity index (χ4v) is 8.36. The predicted molar refractivity (Wildman–Crippen MR) is 217 cm³/mol. The van der Waals surface area contributed by atoms with Crippen molar-refractivity contribution in [2.45, 2.75) is 95.3 Å². The summed E-state index contributed by atoms with van der Waals surface area (Å²) in [7, 11) is 0. The van der Waals surface area contributed by atoms with Gasteiger partial charge in [-0.2, -0.15) is 0 Å². The van der Waals surface area contributed by atoms with E-state index >= 15 is 0 Å². The Kier molecular flexibility index (Phi) is 12.4. The van der Waals surface area contributed by atoms with Gasteiger partial charge in [0.2, 0.25) is 0 Å². The molecule has 6 aromatic rings. The zero-order chi connectivity index (χ0) is 38.0. The van der Waals surface area contributed by atoms with E-state index in [4.69, 9.17) is 8.83 Å². The van der Waals surface area contributed by atoms with Gasteiger partial charge in [0.05, 0.1) is 11.1 Å². The van der Waals surface area contributed by atoms with E-state index in [9.17, 15) is 19.8 Å². The molecule has 2 aromatic heterocycles. The minimum Gasteiger partial charge on any atom is -0.507 e. The van der Waals surface area contributed by atoms with Crippen molar-refractivity contribution < 1.29 is 19.0 Å². The zero-order valence-electron chi connectivity index (χ0n) is 31.4. The van der Waals surface area contributed by atoms with E-state index in [-0.39, 0.29) is 29.0 Å². The monoisotopic (exact) mass is 734 g/mol. The highest BCUT2D eigenvalue weighted by Gasteiger charge is 2.29. The van der Waals surface area contributed by atoms with E-state index in [1.54, 1.807) is 0 Å². The normalized spacial score (nSPS) is 14.6. The topological polar surface area (TPSA) is 101 Å². The van der Waals surface area contributed by atoms with Gasteiger partial charge in [0.15, 0.2) is 0 Å². The molecule has 2 aliphatic rings. The SMILES string of the molecule is O=c1oc2c(c(O)c1C(CCc1ccccc1)c1ccccc1)CCCCC2.O=c1oc2c(c(O)c1C(c1ccccc1)c1ccccc1)CCCCCC2. The summed E-state index contributed by atoms with van der Waals surface area (Å²) in [6, 6.07) is 39.9. The summed E-state index contributed by atoms with van der Waals surface area (Å²) < 4.78 is 11.5. The highest BCUT2D eigenvalue weighted by molar-refractivity contribution is 5.51. The van der Waals surface area contributed by atoms with Gasteiger partial charge in [-0.25, -0.2) is 9.59 Å². The van der Waals surface area contributed by atoms with Crippen LogP contribution in [0.5, 0.6) is 11.5 Å². The lowest BCUT2D eigenvalue weighted by Crippen LogP contribution is -2.18. The van der Waals surface area contributed by atoms with E-state index in [2.05, 4.69) is 12.1 Å². The number of hydrogen-bond donors (Lipinski definition) is 2. The molecule has 2 N–H and O–H groups in total. The van der Waals surface area contributed by atoms with E-state index < -0.39 is 5.63 Å². The van der Waals surface area contributed by atoms with Crippen molar-refractivity contribution in [1.29, 1.82) is 0 Å². The number of aryl methyl sites for hydroxylation is 3. The lowest BCUT2D eigenvalue weighted by Gasteiger charge is -2.22. The lowest BCUT2D eigenvalue weighted by molar-refractivity contribution is 0.387.